The fourth-order valence-corrected chi connectivity index (χ4v) is 3.66. The maximum atomic E-state index is 12.6. The number of aryl methyl sites for hydroxylation is 2. The summed E-state index contributed by atoms with van der Waals surface area (Å²) in [7, 11) is 0. The van der Waals surface area contributed by atoms with Gasteiger partial charge in [-0.25, -0.2) is 9.97 Å². The second-order valence-electron chi connectivity index (χ2n) is 6.13. The average Bonchev–Trinajstić information content (AvgIpc) is 3.39. The van der Waals surface area contributed by atoms with Gasteiger partial charge in [-0.05, 0) is 50.2 Å². The molecule has 0 fully saturated rings. The fourth-order valence-electron chi connectivity index (χ4n) is 2.96. The normalized spacial score (nSPS) is 11.2. The van der Waals surface area contributed by atoms with E-state index in [-0.39, 0.29) is 5.91 Å². The topological polar surface area (TPSA) is 99.0 Å². The maximum Gasteiger partial charge on any atom is 0.257 e. The summed E-state index contributed by atoms with van der Waals surface area (Å²) >= 11 is 1.36. The third kappa shape index (κ3) is 3.49. The lowest BCUT2D eigenvalue weighted by Gasteiger charge is -2.06. The molecule has 1 aromatic carbocycles. The molecule has 0 unspecified atom stereocenters. The number of hydrogen-bond donors (Lipinski definition) is 2. The van der Waals surface area contributed by atoms with Gasteiger partial charge in [0.15, 0.2) is 10.9 Å². The first kappa shape index (κ1) is 17.4. The molecule has 8 heteroatoms. The van der Waals surface area contributed by atoms with Crippen LogP contribution in [0, 0.1) is 6.92 Å². The Bertz CT molecular complexity index is 1080. The lowest BCUT2D eigenvalue weighted by Crippen LogP contribution is -2.11. The number of nitrogens with one attached hydrogen (secondary N) is 1. The minimum atomic E-state index is -0.216. The van der Waals surface area contributed by atoms with E-state index >= 15 is 0 Å². The van der Waals surface area contributed by atoms with Crippen molar-refractivity contribution >= 4 is 33.4 Å². The zero-order valence-corrected chi connectivity index (χ0v) is 15.6. The molecule has 0 atom stereocenters. The Morgan fingerprint density at radius 2 is 2.22 bits per heavy atom. The number of anilines is 1. The first-order chi connectivity index (χ1) is 13.2. The first-order valence-electron chi connectivity index (χ1n) is 8.63. The Kier molecular flexibility index (Phi) is 4.74. The van der Waals surface area contributed by atoms with Crippen LogP contribution in [0.4, 0.5) is 5.13 Å². The minimum Gasteiger partial charge on any atom is -0.463 e. The van der Waals surface area contributed by atoms with Gasteiger partial charge in [0.1, 0.15) is 11.5 Å². The lowest BCUT2D eigenvalue weighted by atomic mass is 10.2. The zero-order valence-electron chi connectivity index (χ0n) is 14.8. The van der Waals surface area contributed by atoms with E-state index in [1.807, 2.05) is 24.4 Å². The second-order valence-corrected chi connectivity index (χ2v) is 6.98. The molecule has 0 bridgehead atoms. The van der Waals surface area contributed by atoms with Crippen molar-refractivity contribution < 1.29 is 9.21 Å². The van der Waals surface area contributed by atoms with Crippen molar-refractivity contribution in [3.63, 3.8) is 0 Å². The number of rotatable bonds is 6. The van der Waals surface area contributed by atoms with Gasteiger partial charge in [0, 0.05) is 17.5 Å². The highest BCUT2D eigenvalue weighted by Gasteiger charge is 2.14. The molecule has 4 aromatic rings. The molecule has 0 spiro atoms. The summed E-state index contributed by atoms with van der Waals surface area (Å²) in [6.07, 6.45) is 2.48. The van der Waals surface area contributed by atoms with Gasteiger partial charge in [0.05, 0.1) is 17.3 Å². The molecule has 0 aliphatic rings. The van der Waals surface area contributed by atoms with Crippen molar-refractivity contribution in [2.45, 2.75) is 19.9 Å². The Balaban J connectivity index is 1.54. The van der Waals surface area contributed by atoms with Crippen molar-refractivity contribution in [3.8, 4) is 11.5 Å². The molecule has 1 amide bonds. The fraction of sp³-hybridized carbons (Fsp3) is 0.211. The number of carbonyl (C=O) groups is 1. The number of carbonyl (C=O) groups excluding carboxylic acids is 1. The van der Waals surface area contributed by atoms with Gasteiger partial charge in [0.2, 0.25) is 0 Å². The van der Waals surface area contributed by atoms with Crippen molar-refractivity contribution in [1.29, 1.82) is 0 Å². The highest BCUT2D eigenvalue weighted by atomic mass is 32.1. The van der Waals surface area contributed by atoms with Gasteiger partial charge in [-0.2, -0.15) is 0 Å². The zero-order chi connectivity index (χ0) is 18.8. The van der Waals surface area contributed by atoms with Gasteiger partial charge in [-0.3, -0.25) is 10.1 Å². The number of benzene rings is 1. The van der Waals surface area contributed by atoms with Crippen LogP contribution in [0.25, 0.3) is 22.5 Å². The largest absolute Gasteiger partial charge is 0.463 e. The van der Waals surface area contributed by atoms with Crippen LogP contribution in [-0.4, -0.2) is 27.0 Å². The Hall–Kier alpha value is -2.97. The van der Waals surface area contributed by atoms with Crippen LogP contribution < -0.4 is 11.1 Å². The van der Waals surface area contributed by atoms with Crippen LogP contribution in [0.2, 0.25) is 0 Å². The Morgan fingerprint density at radius 1 is 1.33 bits per heavy atom. The van der Waals surface area contributed by atoms with E-state index in [2.05, 4.69) is 19.9 Å². The van der Waals surface area contributed by atoms with E-state index in [0.29, 0.717) is 28.7 Å². The molecular formula is C19H19N5O2S. The number of furan rings is 1. The number of thiazole rings is 1. The van der Waals surface area contributed by atoms with Gasteiger partial charge in [0.25, 0.3) is 5.91 Å². The summed E-state index contributed by atoms with van der Waals surface area (Å²) in [6, 6.07) is 9.17. The average molecular weight is 381 g/mol. The maximum absolute atomic E-state index is 12.6. The predicted octanol–water partition coefficient (Wildman–Crippen LogP) is 3.66. The highest BCUT2D eigenvalue weighted by Crippen LogP contribution is 2.26. The molecule has 0 aliphatic carbocycles. The quantitative estimate of drug-likeness (QED) is 0.531. The van der Waals surface area contributed by atoms with Gasteiger partial charge in [-0.15, -0.1) is 11.3 Å². The van der Waals surface area contributed by atoms with Crippen LogP contribution in [0.3, 0.4) is 0 Å². The highest BCUT2D eigenvalue weighted by molar-refractivity contribution is 7.14. The van der Waals surface area contributed by atoms with Crippen molar-refractivity contribution in [1.82, 2.24) is 14.5 Å². The molecule has 0 aliphatic heterocycles. The molecule has 138 valence electrons. The molecule has 7 nitrogen and oxygen atoms in total. The van der Waals surface area contributed by atoms with Gasteiger partial charge < -0.3 is 14.7 Å². The van der Waals surface area contributed by atoms with Crippen LogP contribution in [-0.2, 0) is 6.54 Å². The summed E-state index contributed by atoms with van der Waals surface area (Å²) in [6.45, 7) is 3.41. The number of hydrogen-bond acceptors (Lipinski definition) is 6. The molecule has 4 rings (SSSR count). The third-order valence-corrected chi connectivity index (χ3v) is 5.04. The summed E-state index contributed by atoms with van der Waals surface area (Å²) in [5.74, 6) is 1.37. The number of nitrogens with two attached hydrogens (primary N) is 1. The van der Waals surface area contributed by atoms with E-state index < -0.39 is 0 Å². The lowest BCUT2D eigenvalue weighted by molar-refractivity contribution is 0.102. The monoisotopic (exact) mass is 381 g/mol. The summed E-state index contributed by atoms with van der Waals surface area (Å²) < 4.78 is 7.45. The molecular weight excluding hydrogens is 362 g/mol. The van der Waals surface area contributed by atoms with Gasteiger partial charge in [-0.1, -0.05) is 0 Å². The number of amides is 1. The number of imidazole rings is 1. The number of aromatic nitrogens is 3. The van der Waals surface area contributed by atoms with Crippen molar-refractivity contribution in [2.75, 3.05) is 11.9 Å². The molecule has 27 heavy (non-hydrogen) atoms. The van der Waals surface area contributed by atoms with E-state index in [9.17, 15) is 4.79 Å². The van der Waals surface area contributed by atoms with E-state index in [1.54, 1.807) is 24.5 Å². The molecule has 0 saturated heterocycles. The van der Waals surface area contributed by atoms with Gasteiger partial charge >= 0.3 is 0 Å². The van der Waals surface area contributed by atoms with E-state index in [1.165, 1.54) is 11.3 Å². The number of fused-ring (bicyclic) bond motifs is 1. The van der Waals surface area contributed by atoms with Crippen molar-refractivity contribution in [3.05, 3.63) is 53.4 Å². The van der Waals surface area contributed by atoms with Crippen LogP contribution in [0.5, 0.6) is 0 Å². The Morgan fingerprint density at radius 3 is 3.00 bits per heavy atom. The minimum absolute atomic E-state index is 0.216. The second kappa shape index (κ2) is 7.34. The van der Waals surface area contributed by atoms with Crippen LogP contribution in [0.1, 0.15) is 22.6 Å². The SMILES string of the molecule is Cc1nc2cc(C(=O)Nc3nc(-c4ccco4)cs3)ccc2n1CCCN. The number of nitrogens with zero attached hydrogens (tertiary/aromatic N) is 3. The molecule has 0 saturated carbocycles. The first-order valence-corrected chi connectivity index (χ1v) is 9.51. The molecule has 3 heterocycles. The van der Waals surface area contributed by atoms with Crippen LogP contribution >= 0.6 is 11.3 Å². The standard InChI is InChI=1S/C19H19N5O2S/c1-12-21-14-10-13(5-6-16(14)24(12)8-3-7-20)18(25)23-19-22-15(11-27-19)17-4-2-9-26-17/h2,4-6,9-11H,3,7-8,20H2,1H3,(H,22,23,25). The molecule has 3 N–H and O–H groups in total. The molecule has 3 aromatic heterocycles. The van der Waals surface area contributed by atoms with E-state index in [4.69, 9.17) is 10.2 Å². The van der Waals surface area contributed by atoms with Crippen LogP contribution in [0.15, 0.2) is 46.4 Å². The predicted molar refractivity (Wildman–Crippen MR) is 106 cm³/mol. The summed E-state index contributed by atoms with van der Waals surface area (Å²) in [5, 5.41) is 5.21. The van der Waals surface area contributed by atoms with Crippen molar-refractivity contribution in [2.24, 2.45) is 5.73 Å². The summed E-state index contributed by atoms with van der Waals surface area (Å²) in [4.78, 5) is 21.6. The smallest absolute Gasteiger partial charge is 0.257 e. The third-order valence-electron chi connectivity index (χ3n) is 4.29. The molecule has 0 radical (unpaired) electrons. The Labute approximate surface area is 159 Å². The summed E-state index contributed by atoms with van der Waals surface area (Å²) in [5.41, 5.74) is 8.66. The van der Waals surface area contributed by atoms with E-state index in [0.717, 1.165) is 29.8 Å².